The summed E-state index contributed by atoms with van der Waals surface area (Å²) in [6.45, 7) is 3.70. The monoisotopic (exact) mass is 738 g/mol. The van der Waals surface area contributed by atoms with Crippen LogP contribution in [-0.2, 0) is 20.7 Å². The smallest absolute Gasteiger partial charge is 0.481 e. The summed E-state index contributed by atoms with van der Waals surface area (Å²) >= 11 is 0.745. The highest BCUT2D eigenvalue weighted by Crippen LogP contribution is 2.46. The van der Waals surface area contributed by atoms with Crippen molar-refractivity contribution in [1.82, 2.24) is 9.97 Å². The molecule has 0 saturated heterocycles. The first-order chi connectivity index (χ1) is 23.5. The number of carboxylic acids is 1. The van der Waals surface area contributed by atoms with Crippen LogP contribution in [-0.4, -0.2) is 48.9 Å². The van der Waals surface area contributed by atoms with E-state index in [0.717, 1.165) is 23.5 Å². The zero-order valence-corrected chi connectivity index (χ0v) is 28.8. The summed E-state index contributed by atoms with van der Waals surface area (Å²) < 4.78 is 105. The van der Waals surface area contributed by atoms with E-state index in [0.29, 0.717) is 25.7 Å². The van der Waals surface area contributed by atoms with Gasteiger partial charge in [0.25, 0.3) is 15.9 Å². The Morgan fingerprint density at radius 2 is 1.78 bits per heavy atom. The number of nitrogens with zero attached hydrogens (tertiary/aromatic N) is 3. The van der Waals surface area contributed by atoms with Crippen molar-refractivity contribution in [3.63, 3.8) is 0 Å². The Labute approximate surface area is 290 Å². The molecule has 0 spiro atoms. The number of carbonyl (C=O) groups is 1. The highest BCUT2D eigenvalue weighted by molar-refractivity contribution is 7.92. The number of sulfonamides is 1. The number of alkyl halides is 5. The van der Waals surface area contributed by atoms with E-state index in [-0.39, 0.29) is 57.7 Å². The molecule has 2 aromatic heterocycles. The molecule has 16 heteroatoms. The van der Waals surface area contributed by atoms with E-state index >= 15 is 8.78 Å². The maximum Gasteiger partial charge on any atom is 0.573 e. The SMILES string of the molecule is CCC[C@](C)(CN1CCCCCC(F)(F)c2ccccc2-c2nc(sc2-c2cccc(OC(F)(F)F)c2)NS(=O)(=O)c2cccc1n2)C(=O)O. The van der Waals surface area contributed by atoms with Crippen molar-refractivity contribution in [3.05, 3.63) is 72.3 Å². The van der Waals surface area contributed by atoms with Gasteiger partial charge in [-0.15, -0.1) is 13.2 Å². The van der Waals surface area contributed by atoms with Crippen molar-refractivity contribution in [1.29, 1.82) is 0 Å². The van der Waals surface area contributed by atoms with Gasteiger partial charge in [-0.3, -0.25) is 9.52 Å². The Kier molecular flexibility index (Phi) is 10.7. The first-order valence-electron chi connectivity index (χ1n) is 15.8. The lowest BCUT2D eigenvalue weighted by molar-refractivity contribution is -0.274. The second kappa shape index (κ2) is 14.5. The van der Waals surface area contributed by atoms with Gasteiger partial charge in [0.05, 0.1) is 16.0 Å². The molecular formula is C34H35F5N4O5S2. The molecule has 0 fully saturated rings. The van der Waals surface area contributed by atoms with Crippen molar-refractivity contribution < 1.29 is 45.0 Å². The summed E-state index contributed by atoms with van der Waals surface area (Å²) in [5, 5.41) is 9.42. The number of nitrogens with one attached hydrogen (secondary N) is 1. The summed E-state index contributed by atoms with van der Waals surface area (Å²) in [4.78, 5) is 22.9. The quantitative estimate of drug-likeness (QED) is 0.180. The summed E-state index contributed by atoms with van der Waals surface area (Å²) in [6, 6.07) is 14.8. The van der Waals surface area contributed by atoms with E-state index in [2.05, 4.69) is 19.4 Å². The molecule has 4 bridgehead atoms. The van der Waals surface area contributed by atoms with Crippen molar-refractivity contribution in [2.75, 3.05) is 22.7 Å². The normalized spacial score (nSPS) is 17.5. The van der Waals surface area contributed by atoms with Crippen LogP contribution in [0.1, 0.15) is 57.9 Å². The van der Waals surface area contributed by atoms with Gasteiger partial charge < -0.3 is 14.7 Å². The van der Waals surface area contributed by atoms with Gasteiger partial charge in [-0.05, 0) is 56.0 Å². The van der Waals surface area contributed by atoms with Gasteiger partial charge in [0.1, 0.15) is 11.6 Å². The Bertz CT molecular complexity index is 1950. The average Bonchev–Trinajstić information content (AvgIpc) is 3.46. The first kappa shape index (κ1) is 37.0. The molecule has 0 saturated carbocycles. The van der Waals surface area contributed by atoms with Crippen LogP contribution in [0.4, 0.5) is 32.9 Å². The van der Waals surface area contributed by atoms with Crippen molar-refractivity contribution in [2.24, 2.45) is 5.41 Å². The maximum absolute atomic E-state index is 16.0. The number of carboxylic acid groups (broad SMARTS) is 1. The van der Waals surface area contributed by atoms with Crippen LogP contribution < -0.4 is 14.4 Å². The van der Waals surface area contributed by atoms with E-state index < -0.39 is 50.9 Å². The fourth-order valence-electron chi connectivity index (χ4n) is 5.94. The summed E-state index contributed by atoms with van der Waals surface area (Å²) in [5.41, 5.74) is -1.53. The topological polar surface area (TPSA) is 122 Å². The molecule has 0 aliphatic carbocycles. The molecule has 1 atom stereocenters. The second-order valence-electron chi connectivity index (χ2n) is 12.3. The largest absolute Gasteiger partial charge is 0.573 e. The number of fused-ring (bicyclic) bond motifs is 6. The first-order valence-corrected chi connectivity index (χ1v) is 18.1. The van der Waals surface area contributed by atoms with Crippen LogP contribution in [0.3, 0.4) is 0 Å². The Balaban J connectivity index is 1.65. The van der Waals surface area contributed by atoms with E-state index in [4.69, 9.17) is 0 Å². The zero-order valence-electron chi connectivity index (χ0n) is 27.1. The predicted molar refractivity (Wildman–Crippen MR) is 180 cm³/mol. The molecule has 0 unspecified atom stereocenters. The van der Waals surface area contributed by atoms with Crippen LogP contribution in [0.25, 0.3) is 21.7 Å². The fourth-order valence-corrected chi connectivity index (χ4v) is 8.12. The minimum absolute atomic E-state index is 0.0000447. The van der Waals surface area contributed by atoms with Crippen LogP contribution in [0.15, 0.2) is 71.8 Å². The third-order valence-corrected chi connectivity index (χ3v) is 10.7. The minimum atomic E-state index is -4.99. The molecule has 0 radical (unpaired) electrons. The lowest BCUT2D eigenvalue weighted by atomic mass is 9.85. The fraction of sp³-hybridized carbons (Fsp3) is 0.382. The Hall–Kier alpha value is -4.31. The molecule has 9 nitrogen and oxygen atoms in total. The number of aliphatic carboxylic acids is 1. The summed E-state index contributed by atoms with van der Waals surface area (Å²) in [7, 11) is -4.46. The number of hydrogen-bond donors (Lipinski definition) is 2. The molecule has 1 aliphatic rings. The number of anilines is 2. The highest BCUT2D eigenvalue weighted by Gasteiger charge is 2.37. The Morgan fingerprint density at radius 3 is 2.50 bits per heavy atom. The number of rotatable bonds is 7. The molecule has 3 heterocycles. The number of hydrogen-bond acceptors (Lipinski definition) is 8. The maximum atomic E-state index is 16.0. The molecular weight excluding hydrogens is 704 g/mol. The van der Waals surface area contributed by atoms with Gasteiger partial charge in [0.15, 0.2) is 10.2 Å². The molecule has 2 N–H and O–H groups in total. The van der Waals surface area contributed by atoms with E-state index in [1.165, 1.54) is 48.5 Å². The van der Waals surface area contributed by atoms with Gasteiger partial charge in [-0.1, -0.05) is 73.6 Å². The molecule has 5 rings (SSSR count). The third kappa shape index (κ3) is 8.52. The molecule has 50 heavy (non-hydrogen) atoms. The summed E-state index contributed by atoms with van der Waals surface area (Å²) in [6.07, 6.45) is -3.76. The number of aromatic nitrogens is 2. The minimum Gasteiger partial charge on any atom is -0.481 e. The zero-order chi connectivity index (χ0) is 36.3. The number of benzene rings is 2. The van der Waals surface area contributed by atoms with Crippen LogP contribution in [0.5, 0.6) is 5.75 Å². The second-order valence-corrected chi connectivity index (χ2v) is 14.9. The lowest BCUT2D eigenvalue weighted by Gasteiger charge is -2.33. The Morgan fingerprint density at radius 1 is 1.04 bits per heavy atom. The summed E-state index contributed by atoms with van der Waals surface area (Å²) in [5.74, 6) is -4.76. The number of halogens is 5. The number of pyridine rings is 1. The van der Waals surface area contributed by atoms with Gasteiger partial charge in [-0.2, -0.15) is 8.42 Å². The van der Waals surface area contributed by atoms with Crippen LogP contribution in [0, 0.1) is 5.41 Å². The van der Waals surface area contributed by atoms with Crippen LogP contribution in [0.2, 0.25) is 0 Å². The van der Waals surface area contributed by atoms with Crippen molar-refractivity contribution >= 4 is 38.3 Å². The predicted octanol–water partition coefficient (Wildman–Crippen LogP) is 8.93. The molecule has 2 aromatic carbocycles. The molecule has 1 aliphatic heterocycles. The van der Waals surface area contributed by atoms with Crippen LogP contribution >= 0.6 is 11.3 Å². The van der Waals surface area contributed by atoms with Crippen molar-refractivity contribution in [3.8, 4) is 27.4 Å². The standard InChI is InChI=1S/C34H35F5N4O5S2/c1-3-17-32(2,30(44)45)21-43-19-8-4-7-18-33(35,36)25-14-6-5-13-24(25)28-29(22-11-9-12-23(20-22)48-34(37,38)39)49-31(41-28)42-50(46,47)27-16-10-15-26(43)40-27/h5-6,9-16,20H,3-4,7-8,17-19,21H2,1-2H3,(H,41,42)(H,44,45)/t32-/m1/s1. The third-order valence-electron chi connectivity index (χ3n) is 8.34. The van der Waals surface area contributed by atoms with E-state index in [9.17, 15) is 31.5 Å². The van der Waals surface area contributed by atoms with E-state index in [1.54, 1.807) is 17.9 Å². The molecule has 268 valence electrons. The lowest BCUT2D eigenvalue weighted by Crippen LogP contribution is -2.42. The van der Waals surface area contributed by atoms with Crippen molar-refractivity contribution in [2.45, 2.75) is 69.7 Å². The van der Waals surface area contributed by atoms with Gasteiger partial charge in [0, 0.05) is 30.6 Å². The number of ether oxygens (including phenoxy) is 1. The highest BCUT2D eigenvalue weighted by atomic mass is 32.2. The average molecular weight is 739 g/mol. The van der Waals surface area contributed by atoms with Gasteiger partial charge in [0.2, 0.25) is 0 Å². The van der Waals surface area contributed by atoms with Gasteiger partial charge in [-0.25, -0.2) is 18.7 Å². The van der Waals surface area contributed by atoms with Gasteiger partial charge >= 0.3 is 12.3 Å². The van der Waals surface area contributed by atoms with E-state index in [1.807, 2.05) is 6.92 Å². The number of thiazole rings is 1. The molecule has 4 aromatic rings. The molecule has 0 amide bonds.